The zero-order valence-corrected chi connectivity index (χ0v) is 13.5. The van der Waals surface area contributed by atoms with E-state index in [4.69, 9.17) is 19.2 Å². The molecule has 4 N–H and O–H groups in total. The Hall–Kier alpha value is -0.390. The first-order valence-electron chi connectivity index (χ1n) is 6.07. The summed E-state index contributed by atoms with van der Waals surface area (Å²) >= 11 is 0. The smallest absolute Gasteiger partial charge is 0.383 e. The van der Waals surface area contributed by atoms with Gasteiger partial charge in [-0.05, 0) is 0 Å². The minimum atomic E-state index is -4.70. The molecule has 0 atom stereocenters. The van der Waals surface area contributed by atoms with Crippen LogP contribution in [0.3, 0.4) is 0 Å². The molecule has 0 heterocycles. The third-order valence-corrected chi connectivity index (χ3v) is 2.09. The first-order valence-corrected chi connectivity index (χ1v) is 7.64. The molecule has 142 valence electrons. The van der Waals surface area contributed by atoms with Gasteiger partial charge in [-0.2, -0.15) is 26.3 Å². The van der Waals surface area contributed by atoms with E-state index < -0.39 is 51.2 Å². The molecule has 0 unspecified atom stereocenters. The van der Waals surface area contributed by atoms with Crippen LogP contribution in [0.1, 0.15) is 26.7 Å². The summed E-state index contributed by atoms with van der Waals surface area (Å²) < 4.78 is 88.0. The highest BCUT2D eigenvalue weighted by molar-refractivity contribution is 7.45. The number of rotatable bonds is 6. The van der Waals surface area contributed by atoms with E-state index in [-0.39, 0.29) is 0 Å². The maximum atomic E-state index is 12.4. The molecule has 0 aromatic rings. The SMILES string of the molecule is COCC(CC(F)(F)F)(CC(F)(F)F)NC(C)C.O=P(O)(O)O. The van der Waals surface area contributed by atoms with E-state index in [0.29, 0.717) is 0 Å². The Labute approximate surface area is 129 Å². The van der Waals surface area contributed by atoms with E-state index in [1.165, 1.54) is 13.8 Å². The molecule has 0 fully saturated rings. The van der Waals surface area contributed by atoms with Gasteiger partial charge in [0.15, 0.2) is 0 Å². The van der Waals surface area contributed by atoms with E-state index in [0.717, 1.165) is 7.11 Å². The molecule has 13 heteroatoms. The monoisotopic (exact) mass is 379 g/mol. The van der Waals surface area contributed by atoms with Crippen LogP contribution in [-0.2, 0) is 9.30 Å². The van der Waals surface area contributed by atoms with Crippen molar-refractivity contribution < 1.29 is 50.3 Å². The number of phosphoric acid groups is 1. The van der Waals surface area contributed by atoms with Crippen LogP contribution in [0, 0.1) is 0 Å². The van der Waals surface area contributed by atoms with Crippen LogP contribution in [0.5, 0.6) is 0 Å². The number of nitrogens with one attached hydrogen (secondary N) is 1. The molecule has 6 nitrogen and oxygen atoms in total. The van der Waals surface area contributed by atoms with Gasteiger partial charge < -0.3 is 24.7 Å². The van der Waals surface area contributed by atoms with E-state index in [9.17, 15) is 26.3 Å². The summed E-state index contributed by atoms with van der Waals surface area (Å²) in [6, 6.07) is -0.523. The second-order valence-corrected chi connectivity index (χ2v) is 6.14. The Bertz CT molecular complexity index is 357. The Morgan fingerprint density at radius 2 is 1.30 bits per heavy atom. The Morgan fingerprint density at radius 1 is 1.00 bits per heavy atom. The van der Waals surface area contributed by atoms with Gasteiger partial charge in [0.2, 0.25) is 0 Å². The standard InChI is InChI=1S/C10H17F6NO.H3O4P/c1-7(2)17-8(6-18-3,4-9(11,12)13)5-10(14,15)16;1-5(2,3)4/h7,17H,4-6H2,1-3H3;(H3,1,2,3,4). The molecule has 0 spiro atoms. The minimum Gasteiger partial charge on any atom is -0.383 e. The second kappa shape index (κ2) is 9.19. The fraction of sp³-hybridized carbons (Fsp3) is 1.00. The summed E-state index contributed by atoms with van der Waals surface area (Å²) in [4.78, 5) is 21.6. The van der Waals surface area contributed by atoms with Gasteiger partial charge in [-0.25, -0.2) is 4.57 Å². The Morgan fingerprint density at radius 3 is 1.48 bits per heavy atom. The van der Waals surface area contributed by atoms with Crippen LogP contribution < -0.4 is 5.32 Å². The predicted octanol–water partition coefficient (Wildman–Crippen LogP) is 2.35. The summed E-state index contributed by atoms with van der Waals surface area (Å²) in [5.74, 6) is 0. The lowest BCUT2D eigenvalue weighted by atomic mass is 9.90. The number of methoxy groups -OCH3 is 1. The molecule has 0 aromatic heterocycles. The maximum absolute atomic E-state index is 12.4. The van der Waals surface area contributed by atoms with Crippen molar-refractivity contribution in [2.24, 2.45) is 0 Å². The number of ether oxygens (including phenoxy) is 1. The van der Waals surface area contributed by atoms with Crippen molar-refractivity contribution in [3.8, 4) is 0 Å². The van der Waals surface area contributed by atoms with Crippen LogP contribution in [0.2, 0.25) is 0 Å². The molecular weight excluding hydrogens is 359 g/mol. The fourth-order valence-corrected chi connectivity index (χ4v) is 1.96. The molecule has 0 aromatic carbocycles. The molecule has 0 rings (SSSR count). The quantitative estimate of drug-likeness (QED) is 0.418. The highest BCUT2D eigenvalue weighted by Gasteiger charge is 2.49. The summed E-state index contributed by atoms with van der Waals surface area (Å²) in [6.45, 7) is 2.30. The number of alkyl halides is 6. The Kier molecular flexibility index (Phi) is 9.93. The number of halogens is 6. The molecule has 23 heavy (non-hydrogen) atoms. The molecule has 0 saturated heterocycles. The molecule has 0 radical (unpaired) electrons. The lowest BCUT2D eigenvalue weighted by molar-refractivity contribution is -0.189. The van der Waals surface area contributed by atoms with Crippen LogP contribution in [0.4, 0.5) is 26.3 Å². The minimum absolute atomic E-state index is 0.523. The third kappa shape index (κ3) is 19.6. The van der Waals surface area contributed by atoms with Crippen LogP contribution >= 0.6 is 7.82 Å². The average Bonchev–Trinajstić information content (AvgIpc) is 2.05. The average molecular weight is 379 g/mol. The van der Waals surface area contributed by atoms with Crippen molar-refractivity contribution in [1.29, 1.82) is 0 Å². The summed E-state index contributed by atoms with van der Waals surface area (Å²) in [5, 5.41) is 2.34. The molecule has 0 amide bonds. The van der Waals surface area contributed by atoms with Gasteiger partial charge in [-0.3, -0.25) is 0 Å². The molecule has 0 saturated carbocycles. The van der Waals surface area contributed by atoms with Crippen LogP contribution in [0.25, 0.3) is 0 Å². The van der Waals surface area contributed by atoms with Gasteiger partial charge in [-0.1, -0.05) is 13.8 Å². The lowest BCUT2D eigenvalue weighted by Gasteiger charge is -2.37. The summed E-state index contributed by atoms with van der Waals surface area (Å²) in [7, 11) is -3.57. The molecule has 0 aliphatic carbocycles. The molecular formula is C10H20F6NO5P. The van der Waals surface area contributed by atoms with Crippen molar-refractivity contribution in [2.75, 3.05) is 13.7 Å². The van der Waals surface area contributed by atoms with Gasteiger partial charge in [0.05, 0.1) is 25.0 Å². The van der Waals surface area contributed by atoms with Gasteiger partial charge in [-0.15, -0.1) is 0 Å². The van der Waals surface area contributed by atoms with Crippen molar-refractivity contribution in [3.05, 3.63) is 0 Å². The van der Waals surface area contributed by atoms with Crippen molar-refractivity contribution in [1.82, 2.24) is 5.32 Å². The van der Waals surface area contributed by atoms with Crippen molar-refractivity contribution >= 4 is 7.82 Å². The lowest BCUT2D eigenvalue weighted by Crippen LogP contribution is -2.56. The summed E-state index contributed by atoms with van der Waals surface area (Å²) in [5.41, 5.74) is -2.18. The van der Waals surface area contributed by atoms with E-state index in [1.807, 2.05) is 0 Å². The zero-order valence-electron chi connectivity index (χ0n) is 12.6. The largest absolute Gasteiger partial charge is 0.466 e. The first-order chi connectivity index (χ1) is 9.89. The normalized spacial score (nSPS) is 13.8. The van der Waals surface area contributed by atoms with E-state index >= 15 is 0 Å². The third-order valence-electron chi connectivity index (χ3n) is 2.09. The number of hydrogen-bond acceptors (Lipinski definition) is 3. The second-order valence-electron chi connectivity index (χ2n) is 5.11. The van der Waals surface area contributed by atoms with Gasteiger partial charge in [0, 0.05) is 13.2 Å². The Balaban J connectivity index is 0. The van der Waals surface area contributed by atoms with Crippen LogP contribution in [0.15, 0.2) is 0 Å². The predicted molar refractivity (Wildman–Crippen MR) is 68.5 cm³/mol. The van der Waals surface area contributed by atoms with E-state index in [1.54, 1.807) is 0 Å². The van der Waals surface area contributed by atoms with Crippen molar-refractivity contribution in [2.45, 2.75) is 50.6 Å². The van der Waals surface area contributed by atoms with Gasteiger partial charge in [0.25, 0.3) is 0 Å². The van der Waals surface area contributed by atoms with E-state index in [2.05, 4.69) is 10.1 Å². The molecule has 0 aliphatic heterocycles. The molecule has 0 aliphatic rings. The highest BCUT2D eigenvalue weighted by atomic mass is 31.2. The first kappa shape index (κ1) is 24.9. The zero-order chi connectivity index (χ0) is 19.1. The highest BCUT2D eigenvalue weighted by Crippen LogP contribution is 2.36. The number of hydrogen-bond donors (Lipinski definition) is 4. The molecule has 0 bridgehead atoms. The maximum Gasteiger partial charge on any atom is 0.466 e. The topological polar surface area (TPSA) is 99.0 Å². The van der Waals surface area contributed by atoms with Gasteiger partial charge >= 0.3 is 20.2 Å². The fourth-order valence-electron chi connectivity index (χ4n) is 1.96. The van der Waals surface area contributed by atoms with Crippen molar-refractivity contribution in [3.63, 3.8) is 0 Å². The van der Waals surface area contributed by atoms with Gasteiger partial charge in [0.1, 0.15) is 0 Å². The van der Waals surface area contributed by atoms with Crippen LogP contribution in [-0.4, -0.2) is 52.3 Å². The summed E-state index contributed by atoms with van der Waals surface area (Å²) in [6.07, 6.45) is -12.6.